The molecule has 3 rings (SSSR count). The molecular weight excluding hydrogens is 356 g/mol. The summed E-state index contributed by atoms with van der Waals surface area (Å²) in [6, 6.07) is 10.2. The van der Waals surface area contributed by atoms with Crippen LogP contribution in [-0.4, -0.2) is 37.0 Å². The molecule has 27 heavy (non-hydrogen) atoms. The third kappa shape index (κ3) is 5.11. The standard InChI is InChI=1S/C22H30N2O2S/c1-4-16(2)13-23-14-22(25)24-10-8-21-19(9-11-27-21)20(24)15-26-18-7-5-6-17(3)12-18/h5-7,9,11-12,16,20,23H,4,8,10,13-15H2,1-3H3/t16-,20?/m1/s1. The molecule has 0 aliphatic carbocycles. The zero-order valence-electron chi connectivity index (χ0n) is 16.5. The van der Waals surface area contributed by atoms with Gasteiger partial charge in [0.1, 0.15) is 12.4 Å². The number of rotatable bonds is 8. The van der Waals surface area contributed by atoms with Gasteiger partial charge in [-0.2, -0.15) is 0 Å². The second-order valence-corrected chi connectivity index (χ2v) is 8.42. The first-order valence-electron chi connectivity index (χ1n) is 9.84. The maximum atomic E-state index is 12.9. The van der Waals surface area contributed by atoms with Gasteiger partial charge >= 0.3 is 0 Å². The van der Waals surface area contributed by atoms with E-state index in [9.17, 15) is 4.79 Å². The molecule has 2 aromatic rings. The van der Waals surface area contributed by atoms with Crippen LogP contribution in [-0.2, 0) is 11.2 Å². The van der Waals surface area contributed by atoms with Gasteiger partial charge in [-0.15, -0.1) is 11.3 Å². The molecule has 0 radical (unpaired) electrons. The Morgan fingerprint density at radius 2 is 2.26 bits per heavy atom. The predicted molar refractivity (Wildman–Crippen MR) is 111 cm³/mol. The largest absolute Gasteiger partial charge is 0.491 e. The van der Waals surface area contributed by atoms with Crippen LogP contribution >= 0.6 is 11.3 Å². The number of benzene rings is 1. The van der Waals surface area contributed by atoms with Crippen LogP contribution in [0.15, 0.2) is 35.7 Å². The number of thiophene rings is 1. The molecule has 2 atom stereocenters. The molecule has 1 aliphatic heterocycles. The zero-order valence-corrected chi connectivity index (χ0v) is 17.3. The fourth-order valence-electron chi connectivity index (χ4n) is 3.43. The lowest BCUT2D eigenvalue weighted by molar-refractivity contribution is -0.133. The third-order valence-corrected chi connectivity index (χ3v) is 6.28. The highest BCUT2D eigenvalue weighted by Gasteiger charge is 2.31. The van der Waals surface area contributed by atoms with Crippen LogP contribution in [0.4, 0.5) is 0 Å². The van der Waals surface area contributed by atoms with Crippen molar-refractivity contribution >= 4 is 17.2 Å². The number of hydrogen-bond donors (Lipinski definition) is 1. The molecule has 0 saturated heterocycles. The van der Waals surface area contributed by atoms with Crippen molar-refractivity contribution in [3.8, 4) is 5.75 Å². The number of nitrogens with one attached hydrogen (secondary N) is 1. The second kappa shape index (κ2) is 9.38. The Morgan fingerprint density at radius 3 is 3.04 bits per heavy atom. The van der Waals surface area contributed by atoms with Gasteiger partial charge in [0.05, 0.1) is 12.6 Å². The van der Waals surface area contributed by atoms with E-state index in [0.29, 0.717) is 19.1 Å². The normalized spacial score (nSPS) is 17.4. The van der Waals surface area contributed by atoms with Gasteiger partial charge in [-0.1, -0.05) is 32.4 Å². The Labute approximate surface area is 166 Å². The Morgan fingerprint density at radius 1 is 1.41 bits per heavy atom. The van der Waals surface area contributed by atoms with Crippen molar-refractivity contribution in [3.63, 3.8) is 0 Å². The predicted octanol–water partition coefficient (Wildman–Crippen LogP) is 4.20. The molecular formula is C22H30N2O2S. The smallest absolute Gasteiger partial charge is 0.237 e. The highest BCUT2D eigenvalue weighted by Crippen LogP contribution is 2.33. The fourth-order valence-corrected chi connectivity index (χ4v) is 4.35. The summed E-state index contributed by atoms with van der Waals surface area (Å²) in [5.74, 6) is 1.61. The van der Waals surface area contributed by atoms with Crippen LogP contribution in [0, 0.1) is 12.8 Å². The van der Waals surface area contributed by atoms with Crippen LogP contribution in [0.3, 0.4) is 0 Å². The molecule has 1 unspecified atom stereocenters. The molecule has 1 aromatic heterocycles. The van der Waals surface area contributed by atoms with Crippen molar-refractivity contribution in [1.29, 1.82) is 0 Å². The number of nitrogens with zero attached hydrogens (tertiary/aromatic N) is 1. The number of carbonyl (C=O) groups is 1. The minimum absolute atomic E-state index is 0.0154. The number of carbonyl (C=O) groups excluding carboxylic acids is 1. The van der Waals surface area contributed by atoms with Gasteiger partial charge in [0.25, 0.3) is 0 Å². The molecule has 0 fully saturated rings. The Hall–Kier alpha value is -1.85. The summed E-state index contributed by atoms with van der Waals surface area (Å²) in [6.45, 7) is 8.96. The topological polar surface area (TPSA) is 41.6 Å². The summed E-state index contributed by atoms with van der Waals surface area (Å²) < 4.78 is 6.08. The first-order chi connectivity index (χ1) is 13.1. The maximum Gasteiger partial charge on any atom is 0.237 e. The minimum atomic E-state index is -0.0154. The fraction of sp³-hybridized carbons (Fsp3) is 0.500. The van der Waals surface area contributed by atoms with Crippen molar-refractivity contribution in [2.45, 2.75) is 39.7 Å². The lowest BCUT2D eigenvalue weighted by Crippen LogP contribution is -2.46. The van der Waals surface area contributed by atoms with Crippen molar-refractivity contribution in [1.82, 2.24) is 10.2 Å². The van der Waals surface area contributed by atoms with E-state index in [2.05, 4.69) is 43.6 Å². The van der Waals surface area contributed by atoms with Crippen molar-refractivity contribution < 1.29 is 9.53 Å². The number of amides is 1. The summed E-state index contributed by atoms with van der Waals surface area (Å²) in [7, 11) is 0. The molecule has 146 valence electrons. The van der Waals surface area contributed by atoms with Gasteiger partial charge in [-0.25, -0.2) is 0 Å². The number of fused-ring (bicyclic) bond motifs is 1. The first kappa shape index (κ1) is 19.9. The average molecular weight is 387 g/mol. The van der Waals surface area contributed by atoms with Gasteiger partial charge in [0.15, 0.2) is 0 Å². The van der Waals surface area contributed by atoms with Crippen LogP contribution < -0.4 is 10.1 Å². The van der Waals surface area contributed by atoms with E-state index in [4.69, 9.17) is 4.74 Å². The highest BCUT2D eigenvalue weighted by molar-refractivity contribution is 7.10. The first-order valence-corrected chi connectivity index (χ1v) is 10.7. The SMILES string of the molecule is CC[C@@H](C)CNCC(=O)N1CCc2sccc2C1COc1cccc(C)c1. The van der Waals surface area contributed by atoms with E-state index in [0.717, 1.165) is 31.7 Å². The van der Waals surface area contributed by atoms with Crippen LogP contribution in [0.5, 0.6) is 5.75 Å². The van der Waals surface area contributed by atoms with Gasteiger partial charge < -0.3 is 15.0 Å². The van der Waals surface area contributed by atoms with Crippen LogP contribution in [0.25, 0.3) is 0 Å². The lowest BCUT2D eigenvalue weighted by atomic mass is 10.0. The summed E-state index contributed by atoms with van der Waals surface area (Å²) in [4.78, 5) is 16.3. The number of ether oxygens (including phenoxy) is 1. The summed E-state index contributed by atoms with van der Waals surface area (Å²) in [6.07, 6.45) is 2.06. The third-order valence-electron chi connectivity index (χ3n) is 5.28. The van der Waals surface area contributed by atoms with Crippen LogP contribution in [0.1, 0.15) is 42.3 Å². The summed E-state index contributed by atoms with van der Waals surface area (Å²) in [5.41, 5.74) is 2.42. The van der Waals surface area contributed by atoms with Crippen molar-refractivity contribution in [2.24, 2.45) is 5.92 Å². The Bertz CT molecular complexity index is 758. The van der Waals surface area contributed by atoms with E-state index >= 15 is 0 Å². The molecule has 1 aromatic carbocycles. The Balaban J connectivity index is 1.67. The summed E-state index contributed by atoms with van der Waals surface area (Å²) >= 11 is 1.78. The molecule has 1 aliphatic rings. The summed E-state index contributed by atoms with van der Waals surface area (Å²) in [5, 5.41) is 5.45. The molecule has 0 bridgehead atoms. The molecule has 0 spiro atoms. The molecule has 0 saturated carbocycles. The van der Waals surface area contributed by atoms with Gasteiger partial charge in [0, 0.05) is 11.4 Å². The number of hydrogen-bond acceptors (Lipinski definition) is 4. The monoisotopic (exact) mass is 386 g/mol. The Kier molecular flexibility index (Phi) is 6.91. The van der Waals surface area contributed by atoms with E-state index in [1.807, 2.05) is 23.1 Å². The molecule has 1 amide bonds. The average Bonchev–Trinajstić information content (AvgIpc) is 3.14. The van der Waals surface area contributed by atoms with Crippen LogP contribution in [0.2, 0.25) is 0 Å². The van der Waals surface area contributed by atoms with Crippen molar-refractivity contribution in [3.05, 3.63) is 51.7 Å². The lowest BCUT2D eigenvalue weighted by Gasteiger charge is -2.36. The zero-order chi connectivity index (χ0) is 19.2. The second-order valence-electron chi connectivity index (χ2n) is 7.42. The molecule has 5 heteroatoms. The van der Waals surface area contributed by atoms with Gasteiger partial charge in [0.2, 0.25) is 5.91 Å². The molecule has 4 nitrogen and oxygen atoms in total. The quantitative estimate of drug-likeness (QED) is 0.739. The van der Waals surface area contributed by atoms with E-state index in [1.165, 1.54) is 16.0 Å². The van der Waals surface area contributed by atoms with Crippen molar-refractivity contribution in [2.75, 3.05) is 26.2 Å². The van der Waals surface area contributed by atoms with E-state index in [1.54, 1.807) is 11.3 Å². The van der Waals surface area contributed by atoms with E-state index < -0.39 is 0 Å². The molecule has 1 N–H and O–H groups in total. The maximum absolute atomic E-state index is 12.9. The number of aryl methyl sites for hydroxylation is 1. The highest BCUT2D eigenvalue weighted by atomic mass is 32.1. The van der Waals surface area contributed by atoms with E-state index in [-0.39, 0.29) is 11.9 Å². The minimum Gasteiger partial charge on any atom is -0.491 e. The van der Waals surface area contributed by atoms with Gasteiger partial charge in [-0.3, -0.25) is 4.79 Å². The van der Waals surface area contributed by atoms with Gasteiger partial charge in [-0.05, 0) is 60.5 Å². The molecule has 2 heterocycles.